The third-order valence-electron chi connectivity index (χ3n) is 2.26. The van der Waals surface area contributed by atoms with Gasteiger partial charge in [0.2, 0.25) is 0 Å². The smallest absolute Gasteiger partial charge is 0.141 e. The fourth-order valence-corrected chi connectivity index (χ4v) is 1.39. The van der Waals surface area contributed by atoms with Crippen molar-refractivity contribution in [3.63, 3.8) is 0 Å². The van der Waals surface area contributed by atoms with Crippen molar-refractivity contribution >= 4 is 5.69 Å². The number of aryl methyl sites for hydroxylation is 1. The molecule has 3 N–H and O–H groups in total. The second-order valence-electron chi connectivity index (χ2n) is 3.63. The van der Waals surface area contributed by atoms with Crippen LogP contribution >= 0.6 is 0 Å². The van der Waals surface area contributed by atoms with Gasteiger partial charge in [-0.05, 0) is 29.5 Å². The molecule has 0 radical (unpaired) electrons. The summed E-state index contributed by atoms with van der Waals surface area (Å²) in [6, 6.07) is 3.86. The van der Waals surface area contributed by atoms with Gasteiger partial charge in [-0.2, -0.15) is 0 Å². The van der Waals surface area contributed by atoms with E-state index in [0.717, 1.165) is 12.0 Å². The highest BCUT2D eigenvalue weighted by atomic mass is 16.3. The molecule has 1 aromatic rings. The summed E-state index contributed by atoms with van der Waals surface area (Å²) < 4.78 is 0. The van der Waals surface area contributed by atoms with Crippen molar-refractivity contribution < 1.29 is 5.11 Å². The highest BCUT2D eigenvalue weighted by Gasteiger charge is 2.09. The summed E-state index contributed by atoms with van der Waals surface area (Å²) in [5.41, 5.74) is 8.29. The zero-order valence-corrected chi connectivity index (χ0v) is 8.46. The molecule has 0 aromatic heterocycles. The topological polar surface area (TPSA) is 46.2 Å². The number of hydrogen-bond acceptors (Lipinski definition) is 2. The van der Waals surface area contributed by atoms with Crippen LogP contribution in [-0.4, -0.2) is 5.11 Å². The zero-order valence-electron chi connectivity index (χ0n) is 8.46. The molecular formula is C11H17NO. The number of benzene rings is 1. The number of aromatic hydroxyl groups is 1. The van der Waals surface area contributed by atoms with Gasteiger partial charge in [0, 0.05) is 0 Å². The van der Waals surface area contributed by atoms with E-state index in [-0.39, 0.29) is 5.75 Å². The molecule has 0 aliphatic carbocycles. The first-order valence-corrected chi connectivity index (χ1v) is 4.67. The number of nitrogens with two attached hydrogens (primary N) is 1. The van der Waals surface area contributed by atoms with E-state index >= 15 is 0 Å². The van der Waals surface area contributed by atoms with Gasteiger partial charge in [0.1, 0.15) is 5.75 Å². The summed E-state index contributed by atoms with van der Waals surface area (Å²) in [4.78, 5) is 0. The van der Waals surface area contributed by atoms with Crippen LogP contribution in [-0.2, 0) is 6.42 Å². The lowest BCUT2D eigenvalue weighted by atomic mass is 9.97. The van der Waals surface area contributed by atoms with Gasteiger partial charge in [0.15, 0.2) is 0 Å². The van der Waals surface area contributed by atoms with Crippen molar-refractivity contribution in [1.29, 1.82) is 0 Å². The lowest BCUT2D eigenvalue weighted by Gasteiger charge is -2.12. The van der Waals surface area contributed by atoms with Crippen molar-refractivity contribution in [2.75, 3.05) is 5.73 Å². The van der Waals surface area contributed by atoms with Gasteiger partial charge in [-0.3, -0.25) is 0 Å². The Morgan fingerprint density at radius 2 is 2.00 bits per heavy atom. The van der Waals surface area contributed by atoms with Crippen molar-refractivity contribution in [3.8, 4) is 5.75 Å². The molecule has 0 heterocycles. The Morgan fingerprint density at radius 3 is 2.46 bits per heavy atom. The second-order valence-corrected chi connectivity index (χ2v) is 3.63. The van der Waals surface area contributed by atoms with Crippen LogP contribution < -0.4 is 5.73 Å². The molecule has 0 bridgehead atoms. The Morgan fingerprint density at radius 1 is 1.38 bits per heavy atom. The lowest BCUT2D eigenvalue weighted by Crippen LogP contribution is -1.96. The summed E-state index contributed by atoms with van der Waals surface area (Å²) in [7, 11) is 0. The summed E-state index contributed by atoms with van der Waals surface area (Å²) in [5.74, 6) is 0.556. The van der Waals surface area contributed by atoms with E-state index in [1.54, 1.807) is 0 Å². The Bertz CT molecular complexity index is 305. The summed E-state index contributed by atoms with van der Waals surface area (Å²) in [6.45, 7) is 6.18. The predicted octanol–water partition coefficient (Wildman–Crippen LogP) is 2.66. The molecule has 0 saturated heterocycles. The molecule has 2 nitrogen and oxygen atoms in total. The lowest BCUT2D eigenvalue weighted by molar-refractivity contribution is 0.467. The first kappa shape index (κ1) is 9.90. The molecular weight excluding hydrogens is 162 g/mol. The largest absolute Gasteiger partial charge is 0.505 e. The molecule has 0 unspecified atom stereocenters. The monoisotopic (exact) mass is 179 g/mol. The fourth-order valence-electron chi connectivity index (χ4n) is 1.39. The Balaban J connectivity index is 3.25. The first-order chi connectivity index (χ1) is 6.06. The number of phenolic OH excluding ortho intramolecular Hbond substituents is 1. The maximum absolute atomic E-state index is 9.66. The van der Waals surface area contributed by atoms with E-state index in [2.05, 4.69) is 6.92 Å². The van der Waals surface area contributed by atoms with Crippen LogP contribution in [0, 0.1) is 0 Å². The molecule has 72 valence electrons. The summed E-state index contributed by atoms with van der Waals surface area (Å²) in [5, 5.41) is 9.66. The minimum atomic E-state index is 0.243. The number of rotatable bonds is 2. The summed E-state index contributed by atoms with van der Waals surface area (Å²) >= 11 is 0. The average molecular weight is 179 g/mol. The molecule has 0 amide bonds. The van der Waals surface area contributed by atoms with Gasteiger partial charge in [-0.15, -0.1) is 0 Å². The van der Waals surface area contributed by atoms with Crippen LogP contribution in [0.25, 0.3) is 0 Å². The van der Waals surface area contributed by atoms with Crippen LogP contribution in [0.1, 0.15) is 37.8 Å². The Labute approximate surface area is 79.4 Å². The van der Waals surface area contributed by atoms with Crippen molar-refractivity contribution in [3.05, 3.63) is 23.3 Å². The number of nitrogen functional groups attached to an aromatic ring is 1. The SMILES string of the molecule is CCc1cc(N)c(O)c(C(C)C)c1. The third kappa shape index (κ3) is 1.94. The maximum atomic E-state index is 9.66. The fraction of sp³-hybridized carbons (Fsp3) is 0.455. The molecule has 2 heteroatoms. The second kappa shape index (κ2) is 3.69. The third-order valence-corrected chi connectivity index (χ3v) is 2.26. The van der Waals surface area contributed by atoms with E-state index in [9.17, 15) is 5.11 Å². The van der Waals surface area contributed by atoms with E-state index < -0.39 is 0 Å². The normalized spacial score (nSPS) is 10.8. The predicted molar refractivity (Wildman–Crippen MR) is 56.0 cm³/mol. The van der Waals surface area contributed by atoms with Gasteiger partial charge >= 0.3 is 0 Å². The molecule has 0 saturated carbocycles. The molecule has 0 spiro atoms. The quantitative estimate of drug-likeness (QED) is 0.541. The van der Waals surface area contributed by atoms with E-state index in [1.807, 2.05) is 26.0 Å². The van der Waals surface area contributed by atoms with Crippen molar-refractivity contribution in [2.45, 2.75) is 33.1 Å². The Kier molecular flexibility index (Phi) is 2.81. The Hall–Kier alpha value is -1.18. The van der Waals surface area contributed by atoms with Crippen molar-refractivity contribution in [2.24, 2.45) is 0 Å². The average Bonchev–Trinajstić information content (AvgIpc) is 2.09. The van der Waals surface area contributed by atoms with E-state index in [1.165, 1.54) is 5.56 Å². The number of anilines is 1. The van der Waals surface area contributed by atoms with Crippen LogP contribution in [0.3, 0.4) is 0 Å². The number of hydrogen-bond donors (Lipinski definition) is 2. The molecule has 0 atom stereocenters. The highest BCUT2D eigenvalue weighted by molar-refractivity contribution is 5.58. The van der Waals surface area contributed by atoms with Gasteiger partial charge < -0.3 is 10.8 Å². The standard InChI is InChI=1S/C11H17NO/c1-4-8-5-9(7(2)3)11(13)10(12)6-8/h5-7,13H,4,12H2,1-3H3. The molecule has 13 heavy (non-hydrogen) atoms. The minimum absolute atomic E-state index is 0.243. The molecule has 1 rings (SSSR count). The van der Waals surface area contributed by atoms with Crippen LogP contribution in [0.4, 0.5) is 5.69 Å². The molecule has 0 fully saturated rings. The van der Waals surface area contributed by atoms with Gasteiger partial charge in [-0.1, -0.05) is 26.8 Å². The first-order valence-electron chi connectivity index (χ1n) is 4.67. The van der Waals surface area contributed by atoms with Gasteiger partial charge in [0.05, 0.1) is 5.69 Å². The molecule has 0 aliphatic heterocycles. The summed E-state index contributed by atoms with van der Waals surface area (Å²) in [6.07, 6.45) is 0.949. The highest BCUT2D eigenvalue weighted by Crippen LogP contribution is 2.32. The molecule has 0 aliphatic rings. The van der Waals surface area contributed by atoms with Crippen LogP contribution in [0.5, 0.6) is 5.75 Å². The maximum Gasteiger partial charge on any atom is 0.141 e. The van der Waals surface area contributed by atoms with Crippen molar-refractivity contribution in [1.82, 2.24) is 0 Å². The molecule has 1 aromatic carbocycles. The van der Waals surface area contributed by atoms with Gasteiger partial charge in [0.25, 0.3) is 0 Å². The van der Waals surface area contributed by atoms with E-state index in [0.29, 0.717) is 11.6 Å². The van der Waals surface area contributed by atoms with Gasteiger partial charge in [-0.25, -0.2) is 0 Å². The van der Waals surface area contributed by atoms with E-state index in [4.69, 9.17) is 5.73 Å². The zero-order chi connectivity index (χ0) is 10.0. The number of phenols is 1. The van der Waals surface area contributed by atoms with Crippen LogP contribution in [0.2, 0.25) is 0 Å². The van der Waals surface area contributed by atoms with Crippen LogP contribution in [0.15, 0.2) is 12.1 Å². The minimum Gasteiger partial charge on any atom is -0.505 e.